The third kappa shape index (κ3) is 3.70. The number of fused-ring (bicyclic) bond motifs is 1. The number of aromatic amines is 1. The van der Waals surface area contributed by atoms with Gasteiger partial charge >= 0.3 is 0 Å². The number of hydrogen-bond donors (Lipinski definition) is 2. The fourth-order valence-corrected chi connectivity index (χ4v) is 3.55. The van der Waals surface area contributed by atoms with Gasteiger partial charge in [0, 0.05) is 10.4 Å². The molecule has 3 rings (SSSR count). The fourth-order valence-electron chi connectivity index (χ4n) is 2.50. The Morgan fingerprint density at radius 3 is 2.88 bits per heavy atom. The van der Waals surface area contributed by atoms with Gasteiger partial charge in [-0.1, -0.05) is 12.1 Å². The molecule has 0 atom stereocenters. The predicted octanol–water partition coefficient (Wildman–Crippen LogP) is 2.82. The SMILES string of the molecule is CC(=NNC(=O)Cc1nc2sc(C)c(C)c2c(=O)[nH]1)c1cccc(F)c1. The van der Waals surface area contributed by atoms with Crippen LogP contribution < -0.4 is 11.0 Å². The number of hydrogen-bond acceptors (Lipinski definition) is 5. The zero-order valence-electron chi connectivity index (χ0n) is 14.5. The van der Waals surface area contributed by atoms with Gasteiger partial charge in [-0.2, -0.15) is 5.10 Å². The summed E-state index contributed by atoms with van der Waals surface area (Å²) in [5.74, 6) is -0.520. The number of halogens is 1. The highest BCUT2D eigenvalue weighted by molar-refractivity contribution is 7.18. The second-order valence-electron chi connectivity index (χ2n) is 5.90. The molecule has 0 spiro atoms. The number of rotatable bonds is 4. The van der Waals surface area contributed by atoms with Gasteiger partial charge in [-0.05, 0) is 38.5 Å². The molecule has 0 saturated heterocycles. The average molecular weight is 372 g/mol. The van der Waals surface area contributed by atoms with Crippen LogP contribution in [0.3, 0.4) is 0 Å². The number of hydrazone groups is 1. The maximum absolute atomic E-state index is 13.2. The topological polar surface area (TPSA) is 87.2 Å². The molecule has 0 aliphatic heterocycles. The molecule has 26 heavy (non-hydrogen) atoms. The van der Waals surface area contributed by atoms with Crippen LogP contribution in [-0.4, -0.2) is 21.6 Å². The molecule has 3 aromatic rings. The Kier molecular flexibility index (Phi) is 4.94. The maximum atomic E-state index is 13.2. The molecule has 2 heterocycles. The van der Waals surface area contributed by atoms with E-state index in [0.29, 0.717) is 21.5 Å². The van der Waals surface area contributed by atoms with E-state index in [-0.39, 0.29) is 23.6 Å². The van der Waals surface area contributed by atoms with Crippen LogP contribution in [0.15, 0.2) is 34.2 Å². The molecule has 0 aliphatic carbocycles. The van der Waals surface area contributed by atoms with Crippen LogP contribution in [0.5, 0.6) is 0 Å². The van der Waals surface area contributed by atoms with E-state index in [1.54, 1.807) is 19.1 Å². The number of benzene rings is 1. The molecule has 0 saturated carbocycles. The van der Waals surface area contributed by atoms with E-state index in [4.69, 9.17) is 0 Å². The highest BCUT2D eigenvalue weighted by Gasteiger charge is 2.13. The standard InChI is InChI=1S/C18H17FN4O2S/c1-9-11(3)26-18-16(9)17(25)20-14(21-18)8-15(24)23-22-10(2)12-5-4-6-13(19)7-12/h4-7H,8H2,1-3H3,(H,23,24)(H,20,21,25). The highest BCUT2D eigenvalue weighted by atomic mass is 32.1. The normalized spacial score (nSPS) is 11.8. The summed E-state index contributed by atoms with van der Waals surface area (Å²) in [6.07, 6.45) is -0.110. The molecule has 0 aliphatic rings. The maximum Gasteiger partial charge on any atom is 0.259 e. The summed E-state index contributed by atoms with van der Waals surface area (Å²) >= 11 is 1.43. The van der Waals surface area contributed by atoms with E-state index in [1.807, 2.05) is 13.8 Å². The number of aryl methyl sites for hydroxylation is 2. The summed E-state index contributed by atoms with van der Waals surface area (Å²) in [6.45, 7) is 5.47. The molecule has 0 unspecified atom stereocenters. The fraction of sp³-hybridized carbons (Fsp3) is 0.222. The second kappa shape index (κ2) is 7.17. The largest absolute Gasteiger partial charge is 0.309 e. The molecule has 134 valence electrons. The monoisotopic (exact) mass is 372 g/mol. The molecule has 6 nitrogen and oxygen atoms in total. The Hall–Kier alpha value is -2.87. The lowest BCUT2D eigenvalue weighted by Gasteiger charge is -2.03. The van der Waals surface area contributed by atoms with Crippen LogP contribution in [0.1, 0.15) is 28.8 Å². The molecule has 8 heteroatoms. The van der Waals surface area contributed by atoms with Crippen LogP contribution in [0.4, 0.5) is 4.39 Å². The van der Waals surface area contributed by atoms with Gasteiger partial charge < -0.3 is 4.98 Å². The van der Waals surface area contributed by atoms with Crippen molar-refractivity contribution in [2.75, 3.05) is 0 Å². The van der Waals surface area contributed by atoms with E-state index < -0.39 is 5.91 Å². The first-order valence-corrected chi connectivity index (χ1v) is 8.74. The molecular weight excluding hydrogens is 355 g/mol. The zero-order valence-corrected chi connectivity index (χ0v) is 15.3. The Bertz CT molecular complexity index is 1080. The molecular formula is C18H17FN4O2S. The number of thiophene rings is 1. The van der Waals surface area contributed by atoms with Gasteiger partial charge in [0.05, 0.1) is 17.5 Å². The van der Waals surface area contributed by atoms with Crippen molar-refractivity contribution in [3.8, 4) is 0 Å². The van der Waals surface area contributed by atoms with E-state index >= 15 is 0 Å². The minimum absolute atomic E-state index is 0.110. The molecule has 0 fully saturated rings. The lowest BCUT2D eigenvalue weighted by atomic mass is 10.1. The van der Waals surface area contributed by atoms with Gasteiger partial charge in [0.15, 0.2) is 0 Å². The summed E-state index contributed by atoms with van der Waals surface area (Å²) in [4.78, 5) is 32.9. The number of amides is 1. The van der Waals surface area contributed by atoms with Gasteiger partial charge in [0.2, 0.25) is 5.91 Å². The van der Waals surface area contributed by atoms with Crippen molar-refractivity contribution < 1.29 is 9.18 Å². The van der Waals surface area contributed by atoms with Crippen molar-refractivity contribution in [1.29, 1.82) is 0 Å². The van der Waals surface area contributed by atoms with Crippen LogP contribution in [-0.2, 0) is 11.2 Å². The van der Waals surface area contributed by atoms with Crippen molar-refractivity contribution in [2.45, 2.75) is 27.2 Å². The smallest absolute Gasteiger partial charge is 0.259 e. The number of nitrogens with zero attached hydrogens (tertiary/aromatic N) is 2. The summed E-state index contributed by atoms with van der Waals surface area (Å²) in [6, 6.07) is 5.93. The van der Waals surface area contributed by atoms with Crippen LogP contribution in [0.25, 0.3) is 10.2 Å². The Morgan fingerprint density at radius 2 is 2.15 bits per heavy atom. The minimum Gasteiger partial charge on any atom is -0.309 e. The molecule has 2 aromatic heterocycles. The lowest BCUT2D eigenvalue weighted by molar-refractivity contribution is -0.120. The van der Waals surface area contributed by atoms with Gasteiger partial charge in [0.1, 0.15) is 16.5 Å². The van der Waals surface area contributed by atoms with Crippen LogP contribution in [0, 0.1) is 19.7 Å². The number of H-pyrrole nitrogens is 1. The number of carbonyl (C=O) groups is 1. The number of nitrogens with one attached hydrogen (secondary N) is 2. The Labute approximate surface area is 152 Å². The summed E-state index contributed by atoms with van der Waals surface area (Å²) in [5, 5.41) is 4.53. The zero-order chi connectivity index (χ0) is 18.8. The Morgan fingerprint density at radius 1 is 1.38 bits per heavy atom. The third-order valence-corrected chi connectivity index (χ3v) is 5.11. The van der Waals surface area contributed by atoms with Crippen molar-refractivity contribution in [3.05, 3.63) is 62.3 Å². The van der Waals surface area contributed by atoms with Gasteiger partial charge in [0.25, 0.3) is 5.56 Å². The lowest BCUT2D eigenvalue weighted by Crippen LogP contribution is -2.24. The van der Waals surface area contributed by atoms with E-state index in [2.05, 4.69) is 20.5 Å². The quantitative estimate of drug-likeness (QED) is 0.545. The predicted molar refractivity (Wildman–Crippen MR) is 100 cm³/mol. The van der Waals surface area contributed by atoms with Gasteiger partial charge in [-0.15, -0.1) is 11.3 Å². The molecule has 1 aromatic carbocycles. The van der Waals surface area contributed by atoms with Crippen molar-refractivity contribution in [1.82, 2.24) is 15.4 Å². The van der Waals surface area contributed by atoms with Crippen LogP contribution >= 0.6 is 11.3 Å². The first-order chi connectivity index (χ1) is 12.3. The molecule has 0 radical (unpaired) electrons. The average Bonchev–Trinajstić information content (AvgIpc) is 2.87. The van der Waals surface area contributed by atoms with Gasteiger partial charge in [-0.3, -0.25) is 9.59 Å². The molecule has 1 amide bonds. The van der Waals surface area contributed by atoms with Crippen molar-refractivity contribution >= 4 is 33.2 Å². The van der Waals surface area contributed by atoms with E-state index in [1.165, 1.54) is 23.5 Å². The van der Waals surface area contributed by atoms with E-state index in [9.17, 15) is 14.0 Å². The number of aromatic nitrogens is 2. The second-order valence-corrected chi connectivity index (χ2v) is 7.10. The first-order valence-electron chi connectivity index (χ1n) is 7.93. The van der Waals surface area contributed by atoms with Gasteiger partial charge in [-0.25, -0.2) is 14.8 Å². The number of carbonyl (C=O) groups excluding carboxylic acids is 1. The van der Waals surface area contributed by atoms with Crippen molar-refractivity contribution in [3.63, 3.8) is 0 Å². The summed E-state index contributed by atoms with van der Waals surface area (Å²) in [5.41, 5.74) is 4.10. The Balaban J connectivity index is 1.75. The third-order valence-electron chi connectivity index (χ3n) is 4.01. The van der Waals surface area contributed by atoms with E-state index in [0.717, 1.165) is 10.4 Å². The van der Waals surface area contributed by atoms with Crippen LogP contribution in [0.2, 0.25) is 0 Å². The summed E-state index contributed by atoms with van der Waals surface area (Å²) in [7, 11) is 0. The molecule has 0 bridgehead atoms. The highest BCUT2D eigenvalue weighted by Crippen LogP contribution is 2.25. The molecule has 2 N–H and O–H groups in total. The summed E-state index contributed by atoms with van der Waals surface area (Å²) < 4.78 is 13.2. The first kappa shape index (κ1) is 17.9. The minimum atomic E-state index is -0.423. The van der Waals surface area contributed by atoms with Crippen molar-refractivity contribution in [2.24, 2.45) is 5.10 Å².